The normalized spacial score (nSPS) is 15.2. The van der Waals surface area contributed by atoms with Gasteiger partial charge in [-0.05, 0) is 17.2 Å². The number of H-pyrrole nitrogens is 1. The lowest BCUT2D eigenvalue weighted by Crippen LogP contribution is -2.32. The molecule has 2 aromatic rings. The van der Waals surface area contributed by atoms with E-state index in [1.165, 1.54) is 5.56 Å². The quantitative estimate of drug-likeness (QED) is 0.914. The topological polar surface area (TPSA) is 36.1 Å². The molecule has 1 aromatic heterocycles. The summed E-state index contributed by atoms with van der Waals surface area (Å²) in [4.78, 5) is 16.7. The van der Waals surface area contributed by atoms with Crippen LogP contribution in [0.5, 0.6) is 0 Å². The van der Waals surface area contributed by atoms with Gasteiger partial charge in [-0.25, -0.2) is 0 Å². The van der Waals surface area contributed by atoms with E-state index < -0.39 is 0 Å². The average molecular weight is 275 g/mol. The molecule has 0 saturated heterocycles. The maximum atomic E-state index is 11.5. The summed E-state index contributed by atoms with van der Waals surface area (Å²) in [6.45, 7) is 2.72. The summed E-state index contributed by atoms with van der Waals surface area (Å²) in [5.41, 5.74) is 3.28. The number of hydrogen-bond donors (Lipinski definition) is 1. The minimum absolute atomic E-state index is 0.183. The molecule has 4 heteroatoms. The molecule has 1 aliphatic heterocycles. The Bertz CT molecular complexity index is 636. The Balaban J connectivity index is 1.79. The van der Waals surface area contributed by atoms with Crippen LogP contribution in [0.3, 0.4) is 0 Å². The van der Waals surface area contributed by atoms with Gasteiger partial charge >= 0.3 is 0 Å². The van der Waals surface area contributed by atoms with E-state index in [1.54, 1.807) is 6.07 Å². The van der Waals surface area contributed by atoms with Crippen molar-refractivity contribution in [2.45, 2.75) is 19.5 Å². The van der Waals surface area contributed by atoms with Crippen LogP contribution < -0.4 is 5.56 Å². The maximum Gasteiger partial charge on any atom is 0.266 e. The monoisotopic (exact) mass is 274 g/mol. The van der Waals surface area contributed by atoms with E-state index in [0.29, 0.717) is 0 Å². The Morgan fingerprint density at radius 3 is 2.84 bits per heavy atom. The molecule has 19 heavy (non-hydrogen) atoms. The van der Waals surface area contributed by atoms with Crippen LogP contribution in [-0.4, -0.2) is 16.4 Å². The summed E-state index contributed by atoms with van der Waals surface area (Å²) in [7, 11) is 0. The smallest absolute Gasteiger partial charge is 0.266 e. The molecule has 0 amide bonds. The van der Waals surface area contributed by atoms with Gasteiger partial charge in [0.15, 0.2) is 0 Å². The van der Waals surface area contributed by atoms with Gasteiger partial charge in [0, 0.05) is 31.7 Å². The number of aromatic amines is 1. The highest BCUT2D eigenvalue weighted by molar-refractivity contribution is 6.30. The number of aromatic nitrogens is 1. The second-order valence-corrected chi connectivity index (χ2v) is 5.30. The summed E-state index contributed by atoms with van der Waals surface area (Å²) in [6, 6.07) is 12.2. The number of nitrogens with zero attached hydrogens (tertiary/aromatic N) is 1. The molecular weight excluding hydrogens is 260 g/mol. The molecule has 1 aromatic carbocycles. The molecule has 3 rings (SSSR count). The number of hydrogen-bond acceptors (Lipinski definition) is 2. The molecule has 0 atom stereocenters. The van der Waals surface area contributed by atoms with Crippen LogP contribution in [0.15, 0.2) is 41.2 Å². The van der Waals surface area contributed by atoms with Gasteiger partial charge in [-0.15, -0.1) is 0 Å². The lowest BCUT2D eigenvalue weighted by atomic mass is 10.0. The van der Waals surface area contributed by atoms with E-state index in [0.717, 1.165) is 37.3 Å². The van der Waals surface area contributed by atoms with Crippen molar-refractivity contribution < 1.29 is 0 Å². The van der Waals surface area contributed by atoms with E-state index in [1.807, 2.05) is 6.07 Å². The van der Waals surface area contributed by atoms with E-state index in [9.17, 15) is 4.79 Å². The largest absolute Gasteiger partial charge is 0.325 e. The first-order valence-electron chi connectivity index (χ1n) is 6.39. The molecular formula is C15H15ClN2O. The lowest BCUT2D eigenvalue weighted by molar-refractivity contribution is 0.243. The maximum absolute atomic E-state index is 11.5. The van der Waals surface area contributed by atoms with Crippen LogP contribution >= 0.6 is 11.6 Å². The second-order valence-electron chi connectivity index (χ2n) is 4.90. The third-order valence-corrected chi connectivity index (χ3v) is 3.77. The molecule has 3 nitrogen and oxygen atoms in total. The van der Waals surface area contributed by atoms with Crippen LogP contribution in [0.2, 0.25) is 5.02 Å². The average Bonchev–Trinajstić information content (AvgIpc) is 2.42. The Morgan fingerprint density at radius 2 is 2.05 bits per heavy atom. The number of fused-ring (bicyclic) bond motifs is 1. The van der Waals surface area contributed by atoms with Crippen molar-refractivity contribution in [3.05, 3.63) is 68.6 Å². The molecule has 0 aliphatic carbocycles. The summed E-state index contributed by atoms with van der Waals surface area (Å²) < 4.78 is 0. The van der Waals surface area contributed by atoms with Crippen molar-refractivity contribution in [2.24, 2.45) is 0 Å². The van der Waals surface area contributed by atoms with Gasteiger partial charge in [-0.1, -0.05) is 41.9 Å². The lowest BCUT2D eigenvalue weighted by Gasteiger charge is -2.28. The van der Waals surface area contributed by atoms with Gasteiger partial charge in [0.2, 0.25) is 0 Å². The number of halogens is 1. The van der Waals surface area contributed by atoms with Gasteiger partial charge in [-0.2, -0.15) is 0 Å². The molecule has 0 unspecified atom stereocenters. The third kappa shape index (κ3) is 2.72. The van der Waals surface area contributed by atoms with Gasteiger partial charge in [0.1, 0.15) is 5.02 Å². The first-order chi connectivity index (χ1) is 9.22. The van der Waals surface area contributed by atoms with Crippen molar-refractivity contribution in [3.63, 3.8) is 0 Å². The van der Waals surface area contributed by atoms with Crippen LogP contribution in [0.25, 0.3) is 0 Å². The predicted molar refractivity (Wildman–Crippen MR) is 76.3 cm³/mol. The first-order valence-corrected chi connectivity index (χ1v) is 6.77. The fraction of sp³-hybridized carbons (Fsp3) is 0.267. The Kier molecular flexibility index (Phi) is 3.40. The van der Waals surface area contributed by atoms with E-state index >= 15 is 0 Å². The van der Waals surface area contributed by atoms with Crippen LogP contribution in [0, 0.1) is 0 Å². The van der Waals surface area contributed by atoms with Gasteiger partial charge in [-0.3, -0.25) is 9.69 Å². The second kappa shape index (κ2) is 5.19. The van der Waals surface area contributed by atoms with Gasteiger partial charge < -0.3 is 4.98 Å². The van der Waals surface area contributed by atoms with Crippen LogP contribution in [0.4, 0.5) is 0 Å². The van der Waals surface area contributed by atoms with Gasteiger partial charge in [0.25, 0.3) is 5.56 Å². The summed E-state index contributed by atoms with van der Waals surface area (Å²) in [5.74, 6) is 0. The van der Waals surface area contributed by atoms with Crippen LogP contribution in [0.1, 0.15) is 16.8 Å². The number of benzene rings is 1. The molecule has 0 spiro atoms. The highest BCUT2D eigenvalue weighted by Crippen LogP contribution is 2.19. The first kappa shape index (κ1) is 12.5. The van der Waals surface area contributed by atoms with Crippen molar-refractivity contribution in [3.8, 4) is 0 Å². The molecule has 0 saturated carbocycles. The number of rotatable bonds is 2. The van der Waals surface area contributed by atoms with Gasteiger partial charge in [0.05, 0.1) is 0 Å². The Morgan fingerprint density at radius 1 is 1.26 bits per heavy atom. The number of pyridine rings is 1. The zero-order chi connectivity index (χ0) is 13.2. The fourth-order valence-corrected chi connectivity index (χ4v) is 2.69. The number of nitrogens with one attached hydrogen (secondary N) is 1. The van der Waals surface area contributed by atoms with E-state index in [2.05, 4.69) is 34.1 Å². The Labute approximate surface area is 116 Å². The molecule has 1 aliphatic rings. The van der Waals surface area contributed by atoms with E-state index in [-0.39, 0.29) is 10.6 Å². The molecule has 98 valence electrons. The minimum Gasteiger partial charge on any atom is -0.325 e. The molecule has 1 N–H and O–H groups in total. The summed E-state index contributed by atoms with van der Waals surface area (Å²) in [5, 5.41) is 0.278. The van der Waals surface area contributed by atoms with Crippen molar-refractivity contribution >= 4 is 11.6 Å². The third-order valence-electron chi connectivity index (χ3n) is 3.49. The standard InChI is InChI=1S/C15H15ClN2O/c16-13-8-12-10-18(7-6-14(12)17-15(13)19)9-11-4-2-1-3-5-11/h1-5,8H,6-7,9-10H2,(H,17,19). The highest BCUT2D eigenvalue weighted by atomic mass is 35.5. The molecule has 2 heterocycles. The zero-order valence-corrected chi connectivity index (χ0v) is 11.3. The van der Waals surface area contributed by atoms with Crippen molar-refractivity contribution in [2.75, 3.05) is 6.54 Å². The zero-order valence-electron chi connectivity index (χ0n) is 10.5. The summed E-state index contributed by atoms with van der Waals surface area (Å²) in [6.07, 6.45) is 0.870. The van der Waals surface area contributed by atoms with Crippen LogP contribution in [-0.2, 0) is 19.5 Å². The molecule has 0 bridgehead atoms. The van der Waals surface area contributed by atoms with Crippen molar-refractivity contribution in [1.82, 2.24) is 9.88 Å². The minimum atomic E-state index is -0.183. The van der Waals surface area contributed by atoms with Crippen molar-refractivity contribution in [1.29, 1.82) is 0 Å². The molecule has 0 radical (unpaired) electrons. The SMILES string of the molecule is O=c1[nH]c2c(cc1Cl)CN(Cc1ccccc1)CC2. The fourth-order valence-electron chi connectivity index (χ4n) is 2.51. The molecule has 0 fully saturated rings. The summed E-state index contributed by atoms with van der Waals surface area (Å²) >= 11 is 5.89. The van der Waals surface area contributed by atoms with E-state index in [4.69, 9.17) is 11.6 Å². The highest BCUT2D eigenvalue weighted by Gasteiger charge is 2.18. The Hall–Kier alpha value is -1.58. The predicted octanol–water partition coefficient (Wildman–Crippen LogP) is 2.59.